The van der Waals surface area contributed by atoms with Gasteiger partial charge >= 0.3 is 0 Å². The van der Waals surface area contributed by atoms with Gasteiger partial charge in [-0.3, -0.25) is 20.0 Å². The first-order chi connectivity index (χ1) is 10.7. The number of rotatable bonds is 6. The van der Waals surface area contributed by atoms with Crippen molar-refractivity contribution in [3.8, 4) is 0 Å². The number of benzene rings is 1. The van der Waals surface area contributed by atoms with Crippen molar-refractivity contribution in [2.24, 2.45) is 4.99 Å². The van der Waals surface area contributed by atoms with E-state index in [0.29, 0.717) is 12.2 Å². The van der Waals surface area contributed by atoms with Gasteiger partial charge in [0.05, 0.1) is 23.6 Å². The van der Waals surface area contributed by atoms with E-state index in [1.165, 1.54) is 11.6 Å². The summed E-state index contributed by atoms with van der Waals surface area (Å²) in [5, 5.41) is 11.7. The second-order valence-corrected chi connectivity index (χ2v) is 4.42. The van der Waals surface area contributed by atoms with Crippen molar-refractivity contribution in [2.45, 2.75) is 6.54 Å². The summed E-state index contributed by atoms with van der Waals surface area (Å²) >= 11 is 0. The molecule has 0 aliphatic rings. The Morgan fingerprint density at radius 1 is 1.36 bits per heavy atom. The van der Waals surface area contributed by atoms with E-state index in [-0.39, 0.29) is 0 Å². The van der Waals surface area contributed by atoms with Crippen molar-refractivity contribution in [3.05, 3.63) is 59.9 Å². The lowest BCUT2D eigenvalue weighted by molar-refractivity contribution is -0.124. The molecule has 0 saturated carbocycles. The van der Waals surface area contributed by atoms with Gasteiger partial charge in [0.1, 0.15) is 0 Å². The molecule has 0 unspecified atom stereocenters. The zero-order valence-corrected chi connectivity index (χ0v) is 11.9. The van der Waals surface area contributed by atoms with Gasteiger partial charge in [-0.2, -0.15) is 0 Å². The van der Waals surface area contributed by atoms with Crippen LogP contribution in [0.1, 0.15) is 11.3 Å². The average Bonchev–Trinajstić information content (AvgIpc) is 2.58. The molecule has 0 bridgehead atoms. The topological polar surface area (TPSA) is 86.6 Å². The number of carbonyl (C=O) groups excluding carboxylic acids is 1. The highest BCUT2D eigenvalue weighted by Crippen LogP contribution is 2.26. The van der Waals surface area contributed by atoms with E-state index in [2.05, 4.69) is 22.0 Å². The van der Waals surface area contributed by atoms with E-state index in [9.17, 15) is 4.79 Å². The van der Waals surface area contributed by atoms with Crippen LogP contribution in [0.15, 0.2) is 53.7 Å². The van der Waals surface area contributed by atoms with Crippen molar-refractivity contribution in [3.63, 3.8) is 0 Å². The van der Waals surface area contributed by atoms with Crippen LogP contribution in [-0.4, -0.2) is 22.8 Å². The van der Waals surface area contributed by atoms with Gasteiger partial charge in [-0.1, -0.05) is 12.1 Å². The smallest absolute Gasteiger partial charge is 0.267 e. The van der Waals surface area contributed by atoms with E-state index < -0.39 is 5.91 Å². The second kappa shape index (κ2) is 7.70. The summed E-state index contributed by atoms with van der Waals surface area (Å²) in [7, 11) is 0. The lowest BCUT2D eigenvalue weighted by Gasteiger charge is -2.09. The Balaban J connectivity index is 2.10. The molecule has 6 nitrogen and oxygen atoms in total. The van der Waals surface area contributed by atoms with Crippen molar-refractivity contribution in [2.75, 3.05) is 5.32 Å². The standard InChI is InChI=1S/C16H16N4O2/c1-17-15-10-12(6-8-16(21)20-22)5-7-14(15)19-11-13-4-2-3-9-18-13/h2-10,19,22H,1,11H2,(H,20,21)/b8-6+. The molecule has 1 amide bonds. The maximum absolute atomic E-state index is 11.0. The fourth-order valence-corrected chi connectivity index (χ4v) is 1.83. The highest BCUT2D eigenvalue weighted by molar-refractivity contribution is 5.91. The van der Waals surface area contributed by atoms with Gasteiger partial charge in [0, 0.05) is 12.3 Å². The summed E-state index contributed by atoms with van der Waals surface area (Å²) in [6.45, 7) is 4.12. The number of carbonyl (C=O) groups is 1. The van der Waals surface area contributed by atoms with Gasteiger partial charge in [-0.25, -0.2) is 5.48 Å². The molecule has 3 N–H and O–H groups in total. The summed E-state index contributed by atoms with van der Waals surface area (Å²) in [5.74, 6) is -0.592. The molecule has 6 heteroatoms. The number of hydrogen-bond donors (Lipinski definition) is 3. The minimum absolute atomic E-state index is 0.575. The molecule has 2 aromatic rings. The molecule has 1 aromatic carbocycles. The van der Waals surface area contributed by atoms with Crippen LogP contribution in [-0.2, 0) is 11.3 Å². The number of aromatic nitrogens is 1. The summed E-state index contributed by atoms with van der Waals surface area (Å²) in [4.78, 5) is 19.2. The Morgan fingerprint density at radius 2 is 2.23 bits per heavy atom. The lowest BCUT2D eigenvalue weighted by atomic mass is 10.1. The Morgan fingerprint density at radius 3 is 2.91 bits per heavy atom. The van der Waals surface area contributed by atoms with Crippen LogP contribution in [0.2, 0.25) is 0 Å². The van der Waals surface area contributed by atoms with Crippen LogP contribution >= 0.6 is 0 Å². The summed E-state index contributed by atoms with van der Waals surface area (Å²) < 4.78 is 0. The van der Waals surface area contributed by atoms with Crippen LogP contribution in [0, 0.1) is 0 Å². The van der Waals surface area contributed by atoms with Crippen LogP contribution < -0.4 is 10.8 Å². The first kappa shape index (κ1) is 15.4. The van der Waals surface area contributed by atoms with E-state index >= 15 is 0 Å². The molecule has 2 rings (SSSR count). The van der Waals surface area contributed by atoms with Crippen LogP contribution in [0.25, 0.3) is 6.08 Å². The van der Waals surface area contributed by atoms with E-state index in [1.54, 1.807) is 18.3 Å². The number of nitrogens with zero attached hydrogens (tertiary/aromatic N) is 2. The van der Waals surface area contributed by atoms with Crippen molar-refractivity contribution >= 4 is 30.1 Å². The highest BCUT2D eigenvalue weighted by Gasteiger charge is 2.02. The quantitative estimate of drug-likeness (QED) is 0.331. The van der Waals surface area contributed by atoms with Crippen LogP contribution in [0.3, 0.4) is 0 Å². The first-order valence-corrected chi connectivity index (χ1v) is 6.59. The normalized spacial score (nSPS) is 10.4. The third-order valence-corrected chi connectivity index (χ3v) is 2.92. The van der Waals surface area contributed by atoms with Gasteiger partial charge in [0.25, 0.3) is 5.91 Å². The average molecular weight is 296 g/mol. The zero-order valence-electron chi connectivity index (χ0n) is 11.9. The molecule has 0 aliphatic heterocycles. The number of amides is 1. The fourth-order valence-electron chi connectivity index (χ4n) is 1.83. The monoisotopic (exact) mass is 296 g/mol. The molecule has 22 heavy (non-hydrogen) atoms. The lowest BCUT2D eigenvalue weighted by Crippen LogP contribution is -2.14. The molecular weight excluding hydrogens is 280 g/mol. The molecular formula is C16H16N4O2. The maximum Gasteiger partial charge on any atom is 0.267 e. The Labute approximate surface area is 128 Å². The number of aliphatic imine (C=N–C) groups is 1. The van der Waals surface area contributed by atoms with Gasteiger partial charge in [-0.15, -0.1) is 0 Å². The number of pyridine rings is 1. The van der Waals surface area contributed by atoms with Crippen molar-refractivity contribution < 1.29 is 10.0 Å². The molecule has 0 radical (unpaired) electrons. The van der Waals surface area contributed by atoms with Crippen LogP contribution in [0.5, 0.6) is 0 Å². The Hall–Kier alpha value is -2.99. The summed E-state index contributed by atoms with van der Waals surface area (Å²) in [5.41, 5.74) is 4.72. The summed E-state index contributed by atoms with van der Waals surface area (Å²) in [6, 6.07) is 11.2. The summed E-state index contributed by atoms with van der Waals surface area (Å²) in [6.07, 6.45) is 4.54. The molecule has 0 spiro atoms. The van der Waals surface area contributed by atoms with Crippen molar-refractivity contribution in [1.82, 2.24) is 10.5 Å². The first-order valence-electron chi connectivity index (χ1n) is 6.59. The minimum Gasteiger partial charge on any atom is -0.378 e. The third-order valence-electron chi connectivity index (χ3n) is 2.92. The molecule has 112 valence electrons. The Kier molecular flexibility index (Phi) is 5.39. The Bertz CT molecular complexity index is 684. The van der Waals surface area contributed by atoms with E-state index in [4.69, 9.17) is 5.21 Å². The molecule has 1 heterocycles. The number of nitrogens with one attached hydrogen (secondary N) is 2. The van der Waals surface area contributed by atoms with E-state index in [1.807, 2.05) is 30.3 Å². The number of hydrogen-bond acceptors (Lipinski definition) is 5. The number of hydroxylamine groups is 1. The SMILES string of the molecule is C=Nc1cc(/C=C/C(=O)NO)ccc1NCc1ccccn1. The van der Waals surface area contributed by atoms with Gasteiger partial charge < -0.3 is 5.32 Å². The predicted molar refractivity (Wildman–Crippen MR) is 86.2 cm³/mol. The van der Waals surface area contributed by atoms with Gasteiger partial charge in [-0.05, 0) is 42.6 Å². The molecule has 0 aliphatic carbocycles. The number of anilines is 1. The minimum atomic E-state index is -0.592. The van der Waals surface area contributed by atoms with Crippen molar-refractivity contribution in [1.29, 1.82) is 0 Å². The maximum atomic E-state index is 11.0. The zero-order chi connectivity index (χ0) is 15.8. The highest BCUT2D eigenvalue weighted by atomic mass is 16.5. The largest absolute Gasteiger partial charge is 0.378 e. The predicted octanol–water partition coefficient (Wildman–Crippen LogP) is 2.54. The second-order valence-electron chi connectivity index (χ2n) is 4.42. The molecule has 1 aromatic heterocycles. The molecule has 0 atom stereocenters. The molecule has 0 saturated heterocycles. The third kappa shape index (κ3) is 4.26. The molecule has 0 fully saturated rings. The van der Waals surface area contributed by atoms with Gasteiger partial charge in [0.2, 0.25) is 0 Å². The van der Waals surface area contributed by atoms with E-state index in [0.717, 1.165) is 16.9 Å². The van der Waals surface area contributed by atoms with Crippen LogP contribution in [0.4, 0.5) is 11.4 Å². The van der Waals surface area contributed by atoms with Gasteiger partial charge in [0.15, 0.2) is 0 Å². The fraction of sp³-hybridized carbons (Fsp3) is 0.0625.